The average Bonchev–Trinajstić information content (AvgIpc) is 1.35. The van der Waals surface area contributed by atoms with E-state index in [9.17, 15) is 0 Å². The molecule has 0 rings (SSSR count). The number of hydrogen-bond acceptors (Lipinski definition) is 0. The zero-order valence-electron chi connectivity index (χ0n) is 5.15. The second-order valence-corrected chi connectivity index (χ2v) is 7.82. The van der Waals surface area contributed by atoms with Crippen LogP contribution in [0.1, 0.15) is 6.92 Å². The molecule has 0 bridgehead atoms. The molecule has 0 aliphatic heterocycles. The van der Waals surface area contributed by atoms with Crippen LogP contribution in [0.2, 0.25) is 0 Å². The SMILES string of the molecule is CC[P+](C)(C)C. The van der Waals surface area contributed by atoms with Crippen molar-refractivity contribution in [2.45, 2.75) is 6.92 Å². The van der Waals surface area contributed by atoms with Crippen molar-refractivity contribution in [1.82, 2.24) is 0 Å². The van der Waals surface area contributed by atoms with Gasteiger partial charge in [-0.25, -0.2) is 0 Å². The Morgan fingerprint density at radius 2 is 1.33 bits per heavy atom. The summed E-state index contributed by atoms with van der Waals surface area (Å²) in [6.07, 6.45) is 1.38. The van der Waals surface area contributed by atoms with Crippen molar-refractivity contribution in [3.8, 4) is 0 Å². The molecule has 0 nitrogen and oxygen atoms in total. The van der Waals surface area contributed by atoms with Gasteiger partial charge in [0.05, 0.1) is 6.16 Å². The summed E-state index contributed by atoms with van der Waals surface area (Å²) >= 11 is 0. The lowest BCUT2D eigenvalue weighted by Gasteiger charge is -2.05. The van der Waals surface area contributed by atoms with Gasteiger partial charge in [-0.1, -0.05) is 0 Å². The molecule has 0 amide bonds. The van der Waals surface area contributed by atoms with Crippen LogP contribution < -0.4 is 0 Å². The molecule has 0 spiro atoms. The first kappa shape index (κ1) is 6.43. The maximum absolute atomic E-state index is 2.35. The van der Waals surface area contributed by atoms with Crippen molar-refractivity contribution in [1.29, 1.82) is 0 Å². The molecule has 1 heteroatoms. The summed E-state index contributed by atoms with van der Waals surface area (Å²) < 4.78 is 0. The highest BCUT2D eigenvalue weighted by Gasteiger charge is 2.10. The van der Waals surface area contributed by atoms with Crippen LogP contribution in [0.4, 0.5) is 0 Å². The van der Waals surface area contributed by atoms with E-state index in [-0.39, 0.29) is 0 Å². The van der Waals surface area contributed by atoms with E-state index in [1.54, 1.807) is 0 Å². The lowest BCUT2D eigenvalue weighted by molar-refractivity contribution is 1.47. The van der Waals surface area contributed by atoms with Gasteiger partial charge in [0.2, 0.25) is 0 Å². The Balaban J connectivity index is 3.17. The minimum atomic E-state index is -0.397. The van der Waals surface area contributed by atoms with Crippen molar-refractivity contribution in [2.75, 3.05) is 26.2 Å². The Labute approximate surface area is 41.3 Å². The molecule has 0 aliphatic carbocycles. The number of rotatable bonds is 1. The molecule has 0 aromatic heterocycles. The van der Waals surface area contributed by atoms with E-state index in [2.05, 4.69) is 26.9 Å². The lowest BCUT2D eigenvalue weighted by atomic mass is 11.0. The van der Waals surface area contributed by atoms with Crippen molar-refractivity contribution >= 4 is 7.26 Å². The summed E-state index contributed by atoms with van der Waals surface area (Å²) in [7, 11) is -0.397. The first-order chi connectivity index (χ1) is 2.56. The van der Waals surface area contributed by atoms with Crippen molar-refractivity contribution in [2.24, 2.45) is 0 Å². The maximum atomic E-state index is 2.35. The minimum absolute atomic E-state index is 0.397. The van der Waals surface area contributed by atoms with E-state index in [4.69, 9.17) is 0 Å². The Morgan fingerprint density at radius 1 is 1.17 bits per heavy atom. The van der Waals surface area contributed by atoms with Crippen LogP contribution in [-0.4, -0.2) is 26.2 Å². The Bertz CT molecular complexity index is 33.7. The van der Waals surface area contributed by atoms with E-state index in [1.165, 1.54) is 6.16 Å². The topological polar surface area (TPSA) is 0 Å². The molecule has 0 atom stereocenters. The predicted octanol–water partition coefficient (Wildman–Crippen LogP) is 1.91. The summed E-state index contributed by atoms with van der Waals surface area (Å²) in [5, 5.41) is 0. The quantitative estimate of drug-likeness (QED) is 0.447. The van der Waals surface area contributed by atoms with Gasteiger partial charge in [0, 0.05) is 27.3 Å². The van der Waals surface area contributed by atoms with E-state index < -0.39 is 7.26 Å². The predicted molar refractivity (Wildman–Crippen MR) is 35.2 cm³/mol. The highest BCUT2D eigenvalue weighted by Crippen LogP contribution is 2.45. The molecular formula is C5H14P+. The average molecular weight is 105 g/mol. The van der Waals surface area contributed by atoms with E-state index >= 15 is 0 Å². The van der Waals surface area contributed by atoms with E-state index in [0.29, 0.717) is 0 Å². The van der Waals surface area contributed by atoms with Gasteiger partial charge in [0.25, 0.3) is 0 Å². The summed E-state index contributed by atoms with van der Waals surface area (Å²) in [4.78, 5) is 0. The smallest absolute Gasteiger partial charge is 0.0312 e. The third kappa shape index (κ3) is 4.43. The van der Waals surface area contributed by atoms with Crippen LogP contribution in [-0.2, 0) is 0 Å². The standard InChI is InChI=1S/C5H14P/c1-5-6(2,3)4/h5H2,1-4H3/q+1. The third-order valence-electron chi connectivity index (χ3n) is 0.949. The van der Waals surface area contributed by atoms with Crippen LogP contribution in [0.3, 0.4) is 0 Å². The van der Waals surface area contributed by atoms with Gasteiger partial charge in [-0.15, -0.1) is 0 Å². The highest BCUT2D eigenvalue weighted by atomic mass is 31.2. The molecule has 6 heavy (non-hydrogen) atoms. The third-order valence-corrected chi connectivity index (χ3v) is 2.85. The Hall–Kier alpha value is 0.430. The largest absolute Gasteiger partial charge is 0.0558 e. The zero-order valence-corrected chi connectivity index (χ0v) is 6.05. The monoisotopic (exact) mass is 105 g/mol. The van der Waals surface area contributed by atoms with Gasteiger partial charge in [-0.2, -0.15) is 0 Å². The molecule has 0 saturated carbocycles. The van der Waals surface area contributed by atoms with Crippen LogP contribution in [0, 0.1) is 0 Å². The highest BCUT2D eigenvalue weighted by molar-refractivity contribution is 7.73. The number of hydrogen-bond donors (Lipinski definition) is 0. The van der Waals surface area contributed by atoms with Gasteiger partial charge in [-0.05, 0) is 6.92 Å². The van der Waals surface area contributed by atoms with Gasteiger partial charge < -0.3 is 0 Å². The molecule has 0 unspecified atom stereocenters. The molecule has 0 radical (unpaired) electrons. The lowest BCUT2D eigenvalue weighted by Crippen LogP contribution is -1.84. The molecule has 0 heterocycles. The van der Waals surface area contributed by atoms with Crippen LogP contribution >= 0.6 is 7.26 Å². The molecule has 0 aromatic carbocycles. The first-order valence-electron chi connectivity index (χ1n) is 2.36. The van der Waals surface area contributed by atoms with Crippen molar-refractivity contribution in [3.63, 3.8) is 0 Å². The Kier molecular flexibility index (Phi) is 2.07. The first-order valence-corrected chi connectivity index (χ1v) is 5.68. The summed E-state index contributed by atoms with van der Waals surface area (Å²) in [5.74, 6) is 0. The van der Waals surface area contributed by atoms with Gasteiger partial charge >= 0.3 is 0 Å². The molecule has 0 saturated heterocycles. The molecule has 0 N–H and O–H groups in total. The van der Waals surface area contributed by atoms with E-state index in [1.807, 2.05) is 0 Å². The molecule has 38 valence electrons. The van der Waals surface area contributed by atoms with E-state index in [0.717, 1.165) is 0 Å². The molecular weight excluding hydrogens is 91.0 g/mol. The van der Waals surface area contributed by atoms with Gasteiger partial charge in [-0.3, -0.25) is 0 Å². The van der Waals surface area contributed by atoms with Crippen molar-refractivity contribution in [3.05, 3.63) is 0 Å². The second-order valence-electron chi connectivity index (χ2n) is 2.61. The van der Waals surface area contributed by atoms with Crippen LogP contribution in [0.5, 0.6) is 0 Å². The maximum Gasteiger partial charge on any atom is 0.0558 e. The summed E-state index contributed by atoms with van der Waals surface area (Å²) in [5.41, 5.74) is 0. The fourth-order valence-corrected chi connectivity index (χ4v) is 0. The van der Waals surface area contributed by atoms with Gasteiger partial charge in [0.1, 0.15) is 0 Å². The summed E-state index contributed by atoms with van der Waals surface area (Å²) in [6, 6.07) is 0. The van der Waals surface area contributed by atoms with Gasteiger partial charge in [0.15, 0.2) is 0 Å². The fraction of sp³-hybridized carbons (Fsp3) is 1.00. The zero-order chi connectivity index (χ0) is 5.21. The van der Waals surface area contributed by atoms with Crippen LogP contribution in [0.15, 0.2) is 0 Å². The van der Waals surface area contributed by atoms with Crippen molar-refractivity contribution < 1.29 is 0 Å². The molecule has 0 aliphatic rings. The molecule has 0 aromatic rings. The summed E-state index contributed by atoms with van der Waals surface area (Å²) in [6.45, 7) is 9.32. The Morgan fingerprint density at radius 3 is 1.33 bits per heavy atom. The minimum Gasteiger partial charge on any atom is -0.0312 e. The second kappa shape index (κ2) is 1.93. The normalized spacial score (nSPS) is 12.0. The molecule has 0 fully saturated rings. The van der Waals surface area contributed by atoms with Crippen LogP contribution in [0.25, 0.3) is 0 Å². The fourth-order valence-electron chi connectivity index (χ4n) is 0.